The van der Waals surface area contributed by atoms with Gasteiger partial charge >= 0.3 is 0 Å². The highest BCUT2D eigenvalue weighted by molar-refractivity contribution is 7.13. The highest BCUT2D eigenvalue weighted by Gasteiger charge is 2.36. The van der Waals surface area contributed by atoms with Gasteiger partial charge in [-0.3, -0.25) is 0 Å². The Labute approximate surface area is 133 Å². The van der Waals surface area contributed by atoms with Crippen molar-refractivity contribution in [1.82, 2.24) is 10.3 Å². The van der Waals surface area contributed by atoms with Crippen molar-refractivity contribution in [1.29, 1.82) is 0 Å². The summed E-state index contributed by atoms with van der Waals surface area (Å²) in [4.78, 5) is 7.39. The van der Waals surface area contributed by atoms with Gasteiger partial charge in [-0.1, -0.05) is 26.2 Å². The van der Waals surface area contributed by atoms with Crippen LogP contribution in [0.5, 0.6) is 0 Å². The molecule has 1 saturated heterocycles. The molecule has 2 heterocycles. The molecule has 1 atom stereocenters. The second-order valence-corrected chi connectivity index (χ2v) is 7.72. The summed E-state index contributed by atoms with van der Waals surface area (Å²) < 4.78 is 0. The number of hydrogen-bond acceptors (Lipinski definition) is 4. The topological polar surface area (TPSA) is 28.2 Å². The number of nitrogens with zero attached hydrogens (tertiary/aromatic N) is 2. The first-order valence-electron chi connectivity index (χ1n) is 8.66. The first-order chi connectivity index (χ1) is 10.2. The lowest BCUT2D eigenvalue weighted by Crippen LogP contribution is -2.41. The molecule has 3 nitrogen and oxygen atoms in total. The minimum atomic E-state index is 0.370. The van der Waals surface area contributed by atoms with Crippen molar-refractivity contribution < 1.29 is 0 Å². The summed E-state index contributed by atoms with van der Waals surface area (Å²) >= 11 is 1.82. The van der Waals surface area contributed by atoms with E-state index in [-0.39, 0.29) is 0 Å². The van der Waals surface area contributed by atoms with Gasteiger partial charge in [0.05, 0.1) is 5.69 Å². The molecule has 0 amide bonds. The predicted octanol–water partition coefficient (Wildman–Crippen LogP) is 4.36. The van der Waals surface area contributed by atoms with E-state index in [1.165, 1.54) is 68.9 Å². The van der Waals surface area contributed by atoms with E-state index in [4.69, 9.17) is 4.98 Å². The van der Waals surface area contributed by atoms with Crippen LogP contribution in [0.3, 0.4) is 0 Å². The first kappa shape index (κ1) is 15.3. The highest BCUT2D eigenvalue weighted by atomic mass is 32.1. The summed E-state index contributed by atoms with van der Waals surface area (Å²) in [6.07, 6.45) is 10.1. The van der Waals surface area contributed by atoms with Crippen molar-refractivity contribution in [3.63, 3.8) is 0 Å². The molecule has 2 aliphatic rings. The Balaban J connectivity index is 1.59. The zero-order valence-electron chi connectivity index (χ0n) is 13.5. The van der Waals surface area contributed by atoms with Gasteiger partial charge in [-0.15, -0.1) is 11.3 Å². The van der Waals surface area contributed by atoms with Crippen LogP contribution in [0.4, 0.5) is 5.13 Å². The fourth-order valence-electron chi connectivity index (χ4n) is 4.01. The van der Waals surface area contributed by atoms with E-state index in [0.717, 1.165) is 6.54 Å². The average Bonchev–Trinajstić information content (AvgIpc) is 2.99. The van der Waals surface area contributed by atoms with E-state index in [2.05, 4.69) is 29.4 Å². The van der Waals surface area contributed by atoms with Gasteiger partial charge in [-0.25, -0.2) is 4.98 Å². The molecule has 2 fully saturated rings. The third kappa shape index (κ3) is 3.42. The maximum Gasteiger partial charge on any atom is 0.185 e. The van der Waals surface area contributed by atoms with Gasteiger partial charge < -0.3 is 10.2 Å². The summed E-state index contributed by atoms with van der Waals surface area (Å²) in [5.74, 6) is 0. The van der Waals surface area contributed by atoms with Crippen molar-refractivity contribution >= 4 is 16.5 Å². The molecule has 1 N–H and O–H groups in total. The quantitative estimate of drug-likeness (QED) is 0.895. The number of hydrogen-bond donors (Lipinski definition) is 1. The van der Waals surface area contributed by atoms with E-state index < -0.39 is 0 Å². The van der Waals surface area contributed by atoms with Crippen molar-refractivity contribution in [3.05, 3.63) is 11.1 Å². The lowest BCUT2D eigenvalue weighted by Gasteiger charge is -2.44. The molecule has 1 saturated carbocycles. The zero-order valence-corrected chi connectivity index (χ0v) is 14.3. The average molecular weight is 308 g/mol. The molecule has 4 heteroatoms. The SMILES string of the molecule is CCNC(C)c1csc(N2CCC3(CCCCC3)CC2)n1. The van der Waals surface area contributed by atoms with E-state index >= 15 is 0 Å². The summed E-state index contributed by atoms with van der Waals surface area (Å²) in [7, 11) is 0. The number of rotatable bonds is 4. The molecule has 1 aliphatic heterocycles. The van der Waals surface area contributed by atoms with E-state index in [0.29, 0.717) is 11.5 Å². The van der Waals surface area contributed by atoms with Crippen LogP contribution >= 0.6 is 11.3 Å². The Morgan fingerprint density at radius 1 is 1.24 bits per heavy atom. The molecule has 0 aromatic carbocycles. The Hall–Kier alpha value is -0.610. The molecule has 1 aliphatic carbocycles. The summed E-state index contributed by atoms with van der Waals surface area (Å²) in [6.45, 7) is 7.78. The Morgan fingerprint density at radius 3 is 2.62 bits per heavy atom. The Kier molecular flexibility index (Phi) is 4.85. The van der Waals surface area contributed by atoms with Gasteiger partial charge in [-0.05, 0) is 44.6 Å². The molecule has 21 heavy (non-hydrogen) atoms. The van der Waals surface area contributed by atoms with Gasteiger partial charge in [0.2, 0.25) is 0 Å². The van der Waals surface area contributed by atoms with Crippen molar-refractivity contribution in [3.8, 4) is 0 Å². The van der Waals surface area contributed by atoms with Gasteiger partial charge in [0, 0.05) is 24.5 Å². The normalized spacial score (nSPS) is 23.4. The fourth-order valence-corrected chi connectivity index (χ4v) is 4.98. The summed E-state index contributed by atoms with van der Waals surface area (Å²) in [5, 5.41) is 6.92. The van der Waals surface area contributed by atoms with Crippen LogP contribution in [-0.2, 0) is 0 Å². The van der Waals surface area contributed by atoms with E-state index in [9.17, 15) is 0 Å². The van der Waals surface area contributed by atoms with Crippen LogP contribution < -0.4 is 10.2 Å². The number of nitrogens with one attached hydrogen (secondary N) is 1. The van der Waals surface area contributed by atoms with Gasteiger partial charge in [0.1, 0.15) is 0 Å². The number of aromatic nitrogens is 1. The smallest absolute Gasteiger partial charge is 0.185 e. The molecule has 1 unspecified atom stereocenters. The van der Waals surface area contributed by atoms with Crippen LogP contribution in [0.2, 0.25) is 0 Å². The third-order valence-corrected chi connectivity index (χ3v) is 6.39. The molecule has 118 valence electrons. The van der Waals surface area contributed by atoms with Gasteiger partial charge in [0.25, 0.3) is 0 Å². The van der Waals surface area contributed by atoms with Gasteiger partial charge in [-0.2, -0.15) is 0 Å². The van der Waals surface area contributed by atoms with Crippen LogP contribution in [0.25, 0.3) is 0 Å². The van der Waals surface area contributed by atoms with Crippen molar-refractivity contribution in [2.75, 3.05) is 24.5 Å². The first-order valence-corrected chi connectivity index (χ1v) is 9.54. The minimum Gasteiger partial charge on any atom is -0.348 e. The molecule has 0 radical (unpaired) electrons. The molecule has 0 bridgehead atoms. The fraction of sp³-hybridized carbons (Fsp3) is 0.824. The van der Waals surface area contributed by atoms with E-state index in [1.807, 2.05) is 11.3 Å². The number of thiazole rings is 1. The lowest BCUT2D eigenvalue weighted by atomic mass is 9.68. The summed E-state index contributed by atoms with van der Waals surface area (Å²) in [5.41, 5.74) is 1.89. The minimum absolute atomic E-state index is 0.370. The molecular weight excluding hydrogens is 278 g/mol. The lowest BCUT2D eigenvalue weighted by molar-refractivity contribution is 0.144. The standard InChI is InChI=1S/C17H29N3S/c1-3-18-14(2)15-13-21-16(19-15)20-11-9-17(10-12-20)7-5-4-6-8-17/h13-14,18H,3-12H2,1-2H3. The van der Waals surface area contributed by atoms with Crippen molar-refractivity contribution in [2.24, 2.45) is 5.41 Å². The molecule has 3 rings (SSSR count). The molecule has 1 aromatic heterocycles. The largest absolute Gasteiger partial charge is 0.348 e. The van der Waals surface area contributed by atoms with Crippen molar-refractivity contribution in [2.45, 2.75) is 64.8 Å². The molecular formula is C17H29N3S. The number of piperidine rings is 1. The Bertz CT molecular complexity index is 441. The van der Waals surface area contributed by atoms with Crippen LogP contribution in [0.15, 0.2) is 5.38 Å². The van der Waals surface area contributed by atoms with Gasteiger partial charge in [0.15, 0.2) is 5.13 Å². The molecule has 1 aromatic rings. The van der Waals surface area contributed by atoms with Crippen LogP contribution in [0, 0.1) is 5.41 Å². The second kappa shape index (κ2) is 6.66. The van der Waals surface area contributed by atoms with E-state index in [1.54, 1.807) is 0 Å². The maximum atomic E-state index is 4.87. The maximum absolute atomic E-state index is 4.87. The molecule has 1 spiro atoms. The third-order valence-electron chi connectivity index (χ3n) is 5.47. The highest BCUT2D eigenvalue weighted by Crippen LogP contribution is 2.45. The zero-order chi connectivity index (χ0) is 14.7. The van der Waals surface area contributed by atoms with Crippen LogP contribution in [-0.4, -0.2) is 24.6 Å². The monoisotopic (exact) mass is 307 g/mol. The number of anilines is 1. The summed E-state index contributed by atoms with van der Waals surface area (Å²) in [6, 6.07) is 0.370. The van der Waals surface area contributed by atoms with Crippen LogP contribution in [0.1, 0.15) is 70.5 Å². The second-order valence-electron chi connectivity index (χ2n) is 6.88. The predicted molar refractivity (Wildman–Crippen MR) is 91.2 cm³/mol. The Morgan fingerprint density at radius 2 is 1.95 bits per heavy atom.